The minimum Gasteiger partial charge on any atom is -0.396 e. The molecular formula is C13H17FN2O. The smallest absolute Gasteiger partial charge is 0.215 e. The van der Waals surface area contributed by atoms with Gasteiger partial charge < -0.3 is 10.0 Å². The normalized spacial score (nSPS) is 31.2. The Morgan fingerprint density at radius 1 is 1.59 bits per heavy atom. The van der Waals surface area contributed by atoms with Crippen molar-refractivity contribution >= 4 is 5.69 Å². The Morgan fingerprint density at radius 3 is 2.94 bits per heavy atom. The summed E-state index contributed by atoms with van der Waals surface area (Å²) in [5.74, 6) is 0.154. The van der Waals surface area contributed by atoms with E-state index >= 15 is 0 Å². The van der Waals surface area contributed by atoms with Crippen LogP contribution in [0.25, 0.3) is 0 Å². The largest absolute Gasteiger partial charge is 0.396 e. The highest BCUT2D eigenvalue weighted by molar-refractivity contribution is 5.49. The lowest BCUT2D eigenvalue weighted by molar-refractivity contribution is 0.0159. The maximum Gasteiger partial charge on any atom is 0.215 e. The first-order valence-electron chi connectivity index (χ1n) is 6.13. The summed E-state index contributed by atoms with van der Waals surface area (Å²) in [5, 5.41) is 9.51. The van der Waals surface area contributed by atoms with Crippen LogP contribution in [0.2, 0.25) is 0 Å². The van der Waals surface area contributed by atoms with Crippen molar-refractivity contribution in [1.82, 2.24) is 4.98 Å². The van der Waals surface area contributed by atoms with Gasteiger partial charge in [-0.25, -0.2) is 4.98 Å². The van der Waals surface area contributed by atoms with Crippen LogP contribution in [-0.4, -0.2) is 29.8 Å². The Hall–Kier alpha value is -1.16. The Bertz CT molecular complexity index is 427. The van der Waals surface area contributed by atoms with E-state index in [1.807, 2.05) is 6.07 Å². The van der Waals surface area contributed by atoms with Crippen LogP contribution < -0.4 is 4.90 Å². The Morgan fingerprint density at radius 2 is 2.41 bits per heavy atom. The summed E-state index contributed by atoms with van der Waals surface area (Å²) in [4.78, 5) is 5.94. The van der Waals surface area contributed by atoms with Gasteiger partial charge in [-0.15, -0.1) is 0 Å². The molecule has 0 radical (unpaired) electrons. The van der Waals surface area contributed by atoms with Gasteiger partial charge in [0, 0.05) is 36.0 Å². The van der Waals surface area contributed by atoms with Crippen molar-refractivity contribution in [2.75, 3.05) is 24.6 Å². The van der Waals surface area contributed by atoms with Crippen LogP contribution in [0.15, 0.2) is 12.1 Å². The van der Waals surface area contributed by atoms with Gasteiger partial charge in [0.2, 0.25) is 5.95 Å². The van der Waals surface area contributed by atoms with Gasteiger partial charge in [0.25, 0.3) is 0 Å². The maximum absolute atomic E-state index is 13.3. The highest BCUT2D eigenvalue weighted by atomic mass is 19.1. The fourth-order valence-electron chi connectivity index (χ4n) is 3.21. The van der Waals surface area contributed by atoms with E-state index in [4.69, 9.17) is 0 Å². The highest BCUT2D eigenvalue weighted by Crippen LogP contribution is 2.52. The molecular weight excluding hydrogens is 219 g/mol. The number of nitrogens with zero attached hydrogens (tertiary/aromatic N) is 2. The second-order valence-corrected chi connectivity index (χ2v) is 5.43. The van der Waals surface area contributed by atoms with Gasteiger partial charge in [0.1, 0.15) is 0 Å². The van der Waals surface area contributed by atoms with Crippen molar-refractivity contribution in [3.8, 4) is 0 Å². The first kappa shape index (κ1) is 11.0. The highest BCUT2D eigenvalue weighted by Gasteiger charge is 2.52. The third-order valence-electron chi connectivity index (χ3n) is 4.39. The zero-order chi connectivity index (χ0) is 12.0. The predicted molar refractivity (Wildman–Crippen MR) is 63.4 cm³/mol. The van der Waals surface area contributed by atoms with Crippen molar-refractivity contribution in [3.05, 3.63) is 23.8 Å². The van der Waals surface area contributed by atoms with E-state index in [1.165, 1.54) is 12.5 Å². The zero-order valence-corrected chi connectivity index (χ0v) is 9.99. The molecule has 0 unspecified atom stereocenters. The van der Waals surface area contributed by atoms with Crippen LogP contribution in [0.3, 0.4) is 0 Å². The van der Waals surface area contributed by atoms with E-state index in [0.717, 1.165) is 25.2 Å². The second-order valence-electron chi connectivity index (χ2n) is 5.43. The topological polar surface area (TPSA) is 36.4 Å². The number of aromatic nitrogens is 1. The van der Waals surface area contributed by atoms with Gasteiger partial charge in [0.15, 0.2) is 0 Å². The number of aliphatic hydroxyl groups excluding tert-OH is 1. The van der Waals surface area contributed by atoms with Crippen molar-refractivity contribution in [2.24, 2.45) is 11.3 Å². The van der Waals surface area contributed by atoms with Gasteiger partial charge in [-0.2, -0.15) is 4.39 Å². The van der Waals surface area contributed by atoms with Gasteiger partial charge >= 0.3 is 0 Å². The standard InChI is InChI=1S/C13H17FN2O/c1-9-4-11(5-12(14)15-9)16-6-10-2-3-13(10,7-16)8-17/h4-5,10,17H,2-3,6-8H2,1H3/t10-,13+/m0/s1. The molecule has 1 aromatic rings. The summed E-state index contributed by atoms with van der Waals surface area (Å²) in [7, 11) is 0. The third kappa shape index (κ3) is 1.62. The fourth-order valence-corrected chi connectivity index (χ4v) is 3.21. The minimum absolute atomic E-state index is 0.0770. The van der Waals surface area contributed by atoms with E-state index in [2.05, 4.69) is 9.88 Å². The van der Waals surface area contributed by atoms with Gasteiger partial charge in [-0.05, 0) is 31.7 Å². The molecule has 0 bridgehead atoms. The summed E-state index contributed by atoms with van der Waals surface area (Å²) < 4.78 is 13.3. The molecule has 2 atom stereocenters. The molecule has 1 aliphatic heterocycles. The summed E-state index contributed by atoms with van der Waals surface area (Å²) in [5.41, 5.74) is 1.68. The minimum atomic E-state index is -0.419. The van der Waals surface area contributed by atoms with Gasteiger partial charge in [-0.3, -0.25) is 0 Å². The lowest BCUT2D eigenvalue weighted by Crippen LogP contribution is -2.42. The molecule has 2 heterocycles. The number of hydrogen-bond acceptors (Lipinski definition) is 3. The predicted octanol–water partition coefficient (Wildman–Crippen LogP) is 1.74. The zero-order valence-electron chi connectivity index (χ0n) is 9.99. The molecule has 1 saturated heterocycles. The lowest BCUT2D eigenvalue weighted by atomic mass is 9.63. The third-order valence-corrected chi connectivity index (χ3v) is 4.39. The number of hydrogen-bond donors (Lipinski definition) is 1. The quantitative estimate of drug-likeness (QED) is 0.795. The Labute approximate surface area is 100 Å². The molecule has 1 aromatic heterocycles. The van der Waals surface area contributed by atoms with E-state index in [1.54, 1.807) is 6.92 Å². The molecule has 3 nitrogen and oxygen atoms in total. The first-order valence-corrected chi connectivity index (χ1v) is 6.13. The Kier molecular flexibility index (Phi) is 2.36. The molecule has 0 amide bonds. The van der Waals surface area contributed by atoms with E-state index in [0.29, 0.717) is 11.6 Å². The molecule has 1 saturated carbocycles. The molecule has 2 aliphatic rings. The van der Waals surface area contributed by atoms with Crippen LogP contribution in [0.1, 0.15) is 18.5 Å². The maximum atomic E-state index is 13.3. The van der Waals surface area contributed by atoms with E-state index < -0.39 is 5.95 Å². The molecule has 0 spiro atoms. The van der Waals surface area contributed by atoms with Crippen molar-refractivity contribution in [1.29, 1.82) is 0 Å². The average Bonchev–Trinajstić information content (AvgIpc) is 2.51. The summed E-state index contributed by atoms with van der Waals surface area (Å²) >= 11 is 0. The molecule has 4 heteroatoms. The molecule has 0 aromatic carbocycles. The monoisotopic (exact) mass is 236 g/mol. The van der Waals surface area contributed by atoms with Crippen LogP contribution in [0, 0.1) is 24.2 Å². The molecule has 2 fully saturated rings. The Balaban J connectivity index is 1.86. The van der Waals surface area contributed by atoms with E-state index in [-0.39, 0.29) is 12.0 Å². The SMILES string of the molecule is Cc1cc(N2C[C@@H]3CC[C@]3(CO)C2)cc(F)n1. The molecule has 3 rings (SSSR count). The number of aliphatic hydroxyl groups is 1. The lowest BCUT2D eigenvalue weighted by Gasteiger charge is -2.42. The molecule has 1 aliphatic carbocycles. The summed E-state index contributed by atoms with van der Waals surface area (Å²) in [6.07, 6.45) is 2.28. The first-order chi connectivity index (χ1) is 8.13. The van der Waals surface area contributed by atoms with Gasteiger partial charge in [-0.1, -0.05) is 0 Å². The van der Waals surface area contributed by atoms with E-state index in [9.17, 15) is 9.50 Å². The molecule has 92 valence electrons. The molecule has 1 N–H and O–H groups in total. The number of anilines is 1. The number of pyridine rings is 1. The van der Waals surface area contributed by atoms with Crippen LogP contribution >= 0.6 is 0 Å². The van der Waals surface area contributed by atoms with Crippen LogP contribution in [0.5, 0.6) is 0 Å². The summed E-state index contributed by atoms with van der Waals surface area (Å²) in [6, 6.07) is 3.40. The number of rotatable bonds is 2. The van der Waals surface area contributed by atoms with Crippen LogP contribution in [-0.2, 0) is 0 Å². The van der Waals surface area contributed by atoms with Crippen molar-refractivity contribution < 1.29 is 9.50 Å². The summed E-state index contributed by atoms with van der Waals surface area (Å²) in [6.45, 7) is 3.83. The van der Waals surface area contributed by atoms with Gasteiger partial charge in [0.05, 0.1) is 6.61 Å². The van der Waals surface area contributed by atoms with Crippen molar-refractivity contribution in [2.45, 2.75) is 19.8 Å². The average molecular weight is 236 g/mol. The fraction of sp³-hybridized carbons (Fsp3) is 0.615. The number of fused-ring (bicyclic) bond motifs is 1. The van der Waals surface area contributed by atoms with Crippen molar-refractivity contribution in [3.63, 3.8) is 0 Å². The number of halogens is 1. The van der Waals surface area contributed by atoms with Crippen LogP contribution in [0.4, 0.5) is 10.1 Å². The molecule has 17 heavy (non-hydrogen) atoms. The number of aryl methyl sites for hydroxylation is 1. The second kappa shape index (κ2) is 3.67.